The van der Waals surface area contributed by atoms with Crippen molar-refractivity contribution in [2.75, 3.05) is 17.6 Å². The molecule has 5 nitrogen and oxygen atoms in total. The van der Waals surface area contributed by atoms with Crippen LogP contribution in [0.3, 0.4) is 0 Å². The van der Waals surface area contributed by atoms with Crippen LogP contribution in [-0.4, -0.2) is 26.6 Å². The molecule has 0 atom stereocenters. The van der Waals surface area contributed by atoms with E-state index in [1.807, 2.05) is 32.0 Å². The van der Waals surface area contributed by atoms with Gasteiger partial charge in [0.2, 0.25) is 15.9 Å². The maximum absolute atomic E-state index is 11.8. The molecule has 0 aliphatic carbocycles. The number of amides is 1. The number of hydrogen-bond donors (Lipinski definition) is 2. The van der Waals surface area contributed by atoms with Crippen LogP contribution in [0, 0.1) is 0 Å². The fraction of sp³-hybridized carbons (Fsp3) is 0.500. The first-order valence-electron chi connectivity index (χ1n) is 6.68. The molecule has 1 aromatic carbocycles. The number of carbonyl (C=O) groups is 1. The minimum absolute atomic E-state index is 0.00339. The normalized spacial score (nSPS) is 16.9. The molecule has 20 heavy (non-hydrogen) atoms. The van der Waals surface area contributed by atoms with Gasteiger partial charge in [-0.2, -0.15) is 0 Å². The van der Waals surface area contributed by atoms with Crippen molar-refractivity contribution in [2.24, 2.45) is 0 Å². The van der Waals surface area contributed by atoms with Crippen LogP contribution in [0.1, 0.15) is 31.9 Å². The summed E-state index contributed by atoms with van der Waals surface area (Å²) in [5.74, 6) is 0.0826. The highest BCUT2D eigenvalue weighted by molar-refractivity contribution is 7.89. The molecule has 0 fully saturated rings. The molecule has 2 N–H and O–H groups in total. The van der Waals surface area contributed by atoms with E-state index in [9.17, 15) is 13.2 Å². The summed E-state index contributed by atoms with van der Waals surface area (Å²) in [4.78, 5) is 11.8. The maximum atomic E-state index is 11.8. The van der Waals surface area contributed by atoms with Crippen molar-refractivity contribution in [1.29, 1.82) is 0 Å². The van der Waals surface area contributed by atoms with Crippen molar-refractivity contribution in [3.05, 3.63) is 29.3 Å². The molecule has 1 aromatic rings. The quantitative estimate of drug-likeness (QED) is 0.862. The largest absolute Gasteiger partial charge is 0.325 e. The number of hydrogen-bond acceptors (Lipinski definition) is 3. The highest BCUT2D eigenvalue weighted by Crippen LogP contribution is 2.37. The van der Waals surface area contributed by atoms with Gasteiger partial charge in [0, 0.05) is 12.2 Å². The lowest BCUT2D eigenvalue weighted by molar-refractivity contribution is -0.119. The molecule has 0 aromatic heterocycles. The average molecular weight is 296 g/mol. The second kappa shape index (κ2) is 5.18. The molecule has 0 bridgehead atoms. The molecule has 1 heterocycles. The van der Waals surface area contributed by atoms with Crippen LogP contribution in [0.4, 0.5) is 5.69 Å². The van der Waals surface area contributed by atoms with Crippen LogP contribution < -0.4 is 10.0 Å². The van der Waals surface area contributed by atoms with Crippen LogP contribution in [0.5, 0.6) is 0 Å². The van der Waals surface area contributed by atoms with Gasteiger partial charge in [-0.1, -0.05) is 12.1 Å². The van der Waals surface area contributed by atoms with Crippen molar-refractivity contribution in [1.82, 2.24) is 4.72 Å². The highest BCUT2D eigenvalue weighted by Gasteiger charge is 2.38. The first-order chi connectivity index (χ1) is 9.26. The molecule has 1 aliphatic rings. The first-order valence-corrected chi connectivity index (χ1v) is 8.33. The lowest BCUT2D eigenvalue weighted by Crippen LogP contribution is -2.28. The molecule has 1 aliphatic heterocycles. The number of nitrogens with one attached hydrogen (secondary N) is 2. The Morgan fingerprint density at radius 2 is 2.00 bits per heavy atom. The molecule has 6 heteroatoms. The molecule has 0 saturated heterocycles. The predicted octanol–water partition coefficient (Wildman–Crippen LogP) is 1.40. The number of anilines is 1. The Hall–Kier alpha value is -1.40. The van der Waals surface area contributed by atoms with Gasteiger partial charge in [-0.15, -0.1) is 0 Å². The summed E-state index contributed by atoms with van der Waals surface area (Å²) in [6.07, 6.45) is 0.608. The Bertz CT molecular complexity index is 636. The molecule has 0 spiro atoms. The molecule has 110 valence electrons. The summed E-state index contributed by atoms with van der Waals surface area (Å²) in [6, 6.07) is 5.78. The second-order valence-corrected chi connectivity index (χ2v) is 7.60. The standard InChI is InChI=1S/C14H20N2O3S/c1-4-20(18,19)15-8-7-10-5-6-12-11(9-10)14(2,3)13(17)16-12/h5-6,9,15H,4,7-8H2,1-3H3,(H,16,17). The van der Waals surface area contributed by atoms with Crippen molar-refractivity contribution >= 4 is 21.6 Å². The first kappa shape index (κ1) is 15.0. The third-order valence-corrected chi connectivity index (χ3v) is 5.09. The Morgan fingerprint density at radius 3 is 2.65 bits per heavy atom. The van der Waals surface area contributed by atoms with E-state index in [1.54, 1.807) is 6.92 Å². The monoisotopic (exact) mass is 296 g/mol. The van der Waals surface area contributed by atoms with E-state index in [-0.39, 0.29) is 11.7 Å². The Kier molecular flexibility index (Phi) is 3.88. The lowest BCUT2D eigenvalue weighted by atomic mass is 9.85. The van der Waals surface area contributed by atoms with Crippen molar-refractivity contribution < 1.29 is 13.2 Å². The van der Waals surface area contributed by atoms with Crippen molar-refractivity contribution in [3.63, 3.8) is 0 Å². The summed E-state index contributed by atoms with van der Waals surface area (Å²) in [5, 5.41) is 2.85. The van der Waals surface area contributed by atoms with E-state index in [0.717, 1.165) is 16.8 Å². The Labute approximate surface area is 119 Å². The van der Waals surface area contributed by atoms with Gasteiger partial charge in [0.25, 0.3) is 0 Å². The van der Waals surface area contributed by atoms with Gasteiger partial charge in [-0.05, 0) is 44.4 Å². The topological polar surface area (TPSA) is 75.3 Å². The van der Waals surface area contributed by atoms with Gasteiger partial charge >= 0.3 is 0 Å². The smallest absolute Gasteiger partial charge is 0.234 e. The second-order valence-electron chi connectivity index (χ2n) is 5.51. The van der Waals surface area contributed by atoms with E-state index < -0.39 is 15.4 Å². The number of rotatable bonds is 5. The maximum Gasteiger partial charge on any atom is 0.234 e. The van der Waals surface area contributed by atoms with Gasteiger partial charge in [0.05, 0.1) is 11.2 Å². The minimum atomic E-state index is -3.15. The third-order valence-electron chi connectivity index (χ3n) is 3.69. The number of sulfonamides is 1. The van der Waals surface area contributed by atoms with Crippen LogP contribution in [0.15, 0.2) is 18.2 Å². The summed E-state index contributed by atoms with van der Waals surface area (Å²) in [6.45, 7) is 5.75. The predicted molar refractivity (Wildman–Crippen MR) is 79.3 cm³/mol. The summed E-state index contributed by atoms with van der Waals surface area (Å²) < 4.78 is 25.3. The number of fused-ring (bicyclic) bond motifs is 1. The minimum Gasteiger partial charge on any atom is -0.325 e. The average Bonchev–Trinajstić information content (AvgIpc) is 2.61. The fourth-order valence-corrected chi connectivity index (χ4v) is 2.84. The van der Waals surface area contributed by atoms with E-state index in [0.29, 0.717) is 13.0 Å². The molecular weight excluding hydrogens is 276 g/mol. The van der Waals surface area contributed by atoms with Gasteiger partial charge in [-0.3, -0.25) is 4.79 Å². The molecule has 1 amide bonds. The summed E-state index contributed by atoms with van der Waals surface area (Å²) in [5.41, 5.74) is 2.30. The molecule has 0 radical (unpaired) electrons. The van der Waals surface area contributed by atoms with E-state index in [2.05, 4.69) is 10.0 Å². The van der Waals surface area contributed by atoms with E-state index >= 15 is 0 Å². The third kappa shape index (κ3) is 2.86. The zero-order chi connectivity index (χ0) is 15.0. The number of benzene rings is 1. The summed E-state index contributed by atoms with van der Waals surface area (Å²) >= 11 is 0. The van der Waals surface area contributed by atoms with Crippen molar-refractivity contribution in [3.8, 4) is 0 Å². The highest BCUT2D eigenvalue weighted by atomic mass is 32.2. The zero-order valence-corrected chi connectivity index (χ0v) is 12.8. The Balaban J connectivity index is 2.10. The molecule has 2 rings (SSSR count). The SMILES string of the molecule is CCS(=O)(=O)NCCc1ccc2c(c1)C(C)(C)C(=O)N2. The van der Waals surface area contributed by atoms with Gasteiger partial charge in [0.15, 0.2) is 0 Å². The van der Waals surface area contributed by atoms with Crippen LogP contribution >= 0.6 is 0 Å². The molecular formula is C14H20N2O3S. The van der Waals surface area contributed by atoms with Gasteiger partial charge in [0.1, 0.15) is 0 Å². The fourth-order valence-electron chi connectivity index (χ4n) is 2.23. The van der Waals surface area contributed by atoms with E-state index in [4.69, 9.17) is 0 Å². The number of carbonyl (C=O) groups excluding carboxylic acids is 1. The molecule has 0 saturated carbocycles. The van der Waals surface area contributed by atoms with Gasteiger partial charge < -0.3 is 5.32 Å². The van der Waals surface area contributed by atoms with Crippen LogP contribution in [-0.2, 0) is 26.7 Å². The lowest BCUT2D eigenvalue weighted by Gasteiger charge is -2.15. The molecule has 0 unspecified atom stereocenters. The summed E-state index contributed by atoms with van der Waals surface area (Å²) in [7, 11) is -3.15. The van der Waals surface area contributed by atoms with Crippen molar-refractivity contribution in [2.45, 2.75) is 32.6 Å². The van der Waals surface area contributed by atoms with Crippen LogP contribution in [0.25, 0.3) is 0 Å². The zero-order valence-electron chi connectivity index (χ0n) is 12.0. The Morgan fingerprint density at radius 1 is 1.30 bits per heavy atom. The van der Waals surface area contributed by atoms with Crippen LogP contribution in [0.2, 0.25) is 0 Å². The van der Waals surface area contributed by atoms with E-state index in [1.165, 1.54) is 0 Å². The van der Waals surface area contributed by atoms with Gasteiger partial charge in [-0.25, -0.2) is 13.1 Å².